The molecule has 0 heterocycles. The highest BCUT2D eigenvalue weighted by atomic mass is 35.5. The summed E-state index contributed by atoms with van der Waals surface area (Å²) >= 11 is 0. The SMILES string of the molecule is Cl.Cl.Cl.NCCCNCCCN.NCCCNCCCNC(CCC1CCCCC1)CCC1CCCCC1.O=C(CCC1CCCCC1)CCC1CCCCC1. The Hall–Kier alpha value is 0.300. The number of carbonyl (C=O) groups excluding carboxylic acids is 1. The quantitative estimate of drug-likeness (QED) is 0.0478. The zero-order chi connectivity index (χ0) is 37.9. The Bertz CT molecular complexity index is 739. The number of hydrogen-bond donors (Lipinski definition) is 6. The topological polar surface area (TPSA) is 131 Å². The van der Waals surface area contributed by atoms with Crippen molar-refractivity contribution in [2.24, 2.45) is 40.9 Å². The largest absolute Gasteiger partial charge is 0.330 e. The number of carbonyl (C=O) groups is 1. The minimum absolute atomic E-state index is 0. The van der Waals surface area contributed by atoms with Crippen LogP contribution in [0.1, 0.15) is 205 Å². The first-order chi connectivity index (χ1) is 26.1. The maximum Gasteiger partial charge on any atom is 0.132 e. The van der Waals surface area contributed by atoms with Crippen LogP contribution < -0.4 is 33.2 Å². The van der Waals surface area contributed by atoms with E-state index in [1.54, 1.807) is 0 Å². The first kappa shape index (κ1) is 58.4. The Morgan fingerprint density at radius 1 is 0.429 bits per heavy atom. The van der Waals surface area contributed by atoms with E-state index in [4.69, 9.17) is 17.2 Å². The average molecular weight is 857 g/mol. The molecule has 4 saturated carbocycles. The van der Waals surface area contributed by atoms with Crippen LogP contribution in [-0.4, -0.2) is 64.2 Å². The van der Waals surface area contributed by atoms with Crippen molar-refractivity contribution in [2.75, 3.05) is 52.4 Å². The van der Waals surface area contributed by atoms with Crippen molar-refractivity contribution in [3.63, 3.8) is 0 Å². The summed E-state index contributed by atoms with van der Waals surface area (Å²) in [6, 6.07) is 0.767. The molecule has 10 heteroatoms. The number of rotatable bonds is 26. The van der Waals surface area contributed by atoms with E-state index in [-0.39, 0.29) is 37.2 Å². The van der Waals surface area contributed by atoms with Crippen molar-refractivity contribution >= 4 is 43.0 Å². The summed E-state index contributed by atoms with van der Waals surface area (Å²) in [7, 11) is 0. The van der Waals surface area contributed by atoms with Crippen LogP contribution in [0, 0.1) is 23.7 Å². The summed E-state index contributed by atoms with van der Waals surface area (Å²) in [5.41, 5.74) is 16.1. The van der Waals surface area contributed by atoms with E-state index in [1.165, 1.54) is 180 Å². The molecule has 0 aromatic heterocycles. The normalized spacial score (nSPS) is 18.4. The second-order valence-corrected chi connectivity index (χ2v) is 17.7. The molecular formula is C46H97Cl3N6O. The van der Waals surface area contributed by atoms with Gasteiger partial charge in [0, 0.05) is 18.9 Å². The highest BCUT2D eigenvalue weighted by Crippen LogP contribution is 2.32. The third-order valence-corrected chi connectivity index (χ3v) is 13.0. The van der Waals surface area contributed by atoms with E-state index in [1.807, 2.05) is 0 Å². The van der Waals surface area contributed by atoms with E-state index in [0.29, 0.717) is 5.78 Å². The van der Waals surface area contributed by atoms with Gasteiger partial charge in [-0.3, -0.25) is 4.79 Å². The van der Waals surface area contributed by atoms with E-state index in [9.17, 15) is 4.79 Å². The Morgan fingerprint density at radius 3 is 1.05 bits per heavy atom. The van der Waals surface area contributed by atoms with Gasteiger partial charge in [-0.25, -0.2) is 0 Å². The predicted molar refractivity (Wildman–Crippen MR) is 253 cm³/mol. The van der Waals surface area contributed by atoms with Gasteiger partial charge >= 0.3 is 0 Å². The molecule has 4 aliphatic rings. The molecule has 7 nitrogen and oxygen atoms in total. The van der Waals surface area contributed by atoms with E-state index in [0.717, 1.165) is 108 Å². The average Bonchev–Trinajstić information content (AvgIpc) is 3.21. The lowest BCUT2D eigenvalue weighted by atomic mass is 9.82. The zero-order valence-corrected chi connectivity index (χ0v) is 39.0. The van der Waals surface area contributed by atoms with Crippen molar-refractivity contribution in [1.82, 2.24) is 16.0 Å². The lowest BCUT2D eigenvalue weighted by molar-refractivity contribution is -0.119. The fourth-order valence-electron chi connectivity index (χ4n) is 9.43. The third kappa shape index (κ3) is 34.1. The molecule has 0 aromatic rings. The summed E-state index contributed by atoms with van der Waals surface area (Å²) in [4.78, 5) is 11.9. The van der Waals surface area contributed by atoms with E-state index >= 15 is 0 Å². The van der Waals surface area contributed by atoms with Crippen LogP contribution in [-0.2, 0) is 4.79 Å². The van der Waals surface area contributed by atoms with Crippen molar-refractivity contribution < 1.29 is 4.79 Å². The predicted octanol–water partition coefficient (Wildman–Crippen LogP) is 10.8. The third-order valence-electron chi connectivity index (χ3n) is 13.0. The van der Waals surface area contributed by atoms with Gasteiger partial charge in [0.1, 0.15) is 5.78 Å². The van der Waals surface area contributed by atoms with Crippen molar-refractivity contribution in [3.05, 3.63) is 0 Å². The van der Waals surface area contributed by atoms with Gasteiger partial charge in [0.2, 0.25) is 0 Å². The number of ketones is 1. The smallest absolute Gasteiger partial charge is 0.132 e. The fourth-order valence-corrected chi connectivity index (χ4v) is 9.43. The van der Waals surface area contributed by atoms with Crippen LogP contribution in [0.25, 0.3) is 0 Å². The van der Waals surface area contributed by atoms with Crippen molar-refractivity contribution in [1.29, 1.82) is 0 Å². The summed E-state index contributed by atoms with van der Waals surface area (Å²) in [6.07, 6.45) is 43.3. The maximum absolute atomic E-state index is 11.9. The molecule has 0 unspecified atom stereocenters. The molecule has 0 saturated heterocycles. The van der Waals surface area contributed by atoms with Crippen molar-refractivity contribution in [3.8, 4) is 0 Å². The van der Waals surface area contributed by atoms with Gasteiger partial charge in [-0.2, -0.15) is 0 Å². The molecular weight excluding hydrogens is 759 g/mol. The van der Waals surface area contributed by atoms with Gasteiger partial charge in [-0.1, -0.05) is 128 Å². The molecule has 338 valence electrons. The molecule has 0 atom stereocenters. The van der Waals surface area contributed by atoms with Gasteiger partial charge in [0.05, 0.1) is 0 Å². The molecule has 0 bridgehead atoms. The lowest BCUT2D eigenvalue weighted by Gasteiger charge is -2.27. The highest BCUT2D eigenvalue weighted by molar-refractivity contribution is 5.86. The summed E-state index contributed by atoms with van der Waals surface area (Å²) in [6.45, 7) is 7.78. The van der Waals surface area contributed by atoms with Crippen LogP contribution in [0.2, 0.25) is 0 Å². The van der Waals surface area contributed by atoms with Crippen LogP contribution in [0.5, 0.6) is 0 Å². The molecule has 0 aliphatic heterocycles. The Morgan fingerprint density at radius 2 is 0.732 bits per heavy atom. The second kappa shape index (κ2) is 43.4. The molecule has 0 spiro atoms. The Balaban J connectivity index is 0. The number of hydrogen-bond acceptors (Lipinski definition) is 7. The standard InChI is InChI=1S/C23H47N3.C17H30O.C6H17N3.3ClH/c24-17-7-18-25-19-8-20-26-23(15-13-21-9-3-1-4-10-21)16-14-22-11-5-2-6-12-22;18-17(13-11-15-7-3-1-4-8-15)14-12-16-9-5-2-6-10-16;7-3-1-5-9-6-2-4-8;;;/h21-23,25-26H,1-20,24H2;15-16H,1-14H2;9H,1-8H2;3*1H. The monoisotopic (exact) mass is 855 g/mol. The molecule has 4 aliphatic carbocycles. The molecule has 0 aromatic carbocycles. The first-order valence-electron chi connectivity index (χ1n) is 23.9. The van der Waals surface area contributed by atoms with Gasteiger partial charge in [0.15, 0.2) is 0 Å². The van der Waals surface area contributed by atoms with Gasteiger partial charge in [0.25, 0.3) is 0 Å². The van der Waals surface area contributed by atoms with Gasteiger partial charge in [-0.05, 0) is 140 Å². The van der Waals surface area contributed by atoms with Gasteiger partial charge < -0.3 is 33.2 Å². The Labute approximate surface area is 366 Å². The molecule has 0 amide bonds. The molecule has 4 rings (SSSR count). The number of halogens is 3. The minimum Gasteiger partial charge on any atom is -0.330 e. The van der Waals surface area contributed by atoms with E-state index < -0.39 is 0 Å². The summed E-state index contributed by atoms with van der Waals surface area (Å²) < 4.78 is 0. The second-order valence-electron chi connectivity index (χ2n) is 17.7. The number of Topliss-reactive ketones (excluding diaryl/α,β-unsaturated/α-hetero) is 1. The molecule has 0 radical (unpaired) electrons. The van der Waals surface area contributed by atoms with Crippen LogP contribution in [0.3, 0.4) is 0 Å². The molecule has 9 N–H and O–H groups in total. The van der Waals surface area contributed by atoms with Crippen LogP contribution >= 0.6 is 37.2 Å². The van der Waals surface area contributed by atoms with Crippen molar-refractivity contribution in [2.45, 2.75) is 212 Å². The fraction of sp³-hybridized carbons (Fsp3) is 0.978. The molecule has 56 heavy (non-hydrogen) atoms. The summed E-state index contributed by atoms with van der Waals surface area (Å²) in [5, 5.41) is 10.7. The first-order valence-corrected chi connectivity index (χ1v) is 23.9. The Kier molecular flexibility index (Phi) is 45.2. The van der Waals surface area contributed by atoms with Crippen LogP contribution in [0.15, 0.2) is 0 Å². The van der Waals surface area contributed by atoms with Crippen LogP contribution in [0.4, 0.5) is 0 Å². The lowest BCUT2D eigenvalue weighted by Crippen LogP contribution is -2.33. The van der Waals surface area contributed by atoms with E-state index in [2.05, 4.69) is 16.0 Å². The maximum atomic E-state index is 11.9. The number of nitrogens with two attached hydrogens (primary N) is 3. The highest BCUT2D eigenvalue weighted by Gasteiger charge is 2.20. The molecule has 4 fully saturated rings. The zero-order valence-electron chi connectivity index (χ0n) is 36.5. The summed E-state index contributed by atoms with van der Waals surface area (Å²) in [5.74, 6) is 4.35. The van der Waals surface area contributed by atoms with Gasteiger partial charge in [-0.15, -0.1) is 37.2 Å². The number of nitrogens with one attached hydrogen (secondary N) is 3. The minimum atomic E-state index is 0.